The van der Waals surface area contributed by atoms with Crippen molar-refractivity contribution in [2.75, 3.05) is 5.32 Å². The minimum Gasteiger partial charge on any atom is -0.352 e. The van der Waals surface area contributed by atoms with Gasteiger partial charge in [0.05, 0.1) is 6.42 Å². The van der Waals surface area contributed by atoms with Crippen molar-refractivity contribution in [2.45, 2.75) is 39.7 Å². The van der Waals surface area contributed by atoms with Crippen LogP contribution in [0, 0.1) is 5.92 Å². The Kier molecular flexibility index (Phi) is 8.87. The van der Waals surface area contributed by atoms with E-state index in [0.29, 0.717) is 11.9 Å². The lowest BCUT2D eigenvalue weighted by Crippen LogP contribution is -2.24. The van der Waals surface area contributed by atoms with E-state index in [1.165, 1.54) is 12.1 Å². The average molecular weight is 489 g/mol. The zero-order valence-electron chi connectivity index (χ0n) is 20.7. The van der Waals surface area contributed by atoms with Crippen molar-refractivity contribution in [3.8, 4) is 11.1 Å². The van der Waals surface area contributed by atoms with Crippen molar-refractivity contribution in [1.82, 2.24) is 15.3 Å². The molecule has 0 unspecified atom stereocenters. The molecule has 0 radical (unpaired) electrons. The number of aromatic nitrogens is 2. The summed E-state index contributed by atoms with van der Waals surface area (Å²) in [5, 5.41) is 5.98. The van der Waals surface area contributed by atoms with E-state index in [2.05, 4.69) is 46.8 Å². The second-order valence-electron chi connectivity index (χ2n) is 8.87. The van der Waals surface area contributed by atoms with Gasteiger partial charge in [-0.1, -0.05) is 75.0 Å². The number of halogens is 2. The van der Waals surface area contributed by atoms with Crippen LogP contribution in [-0.4, -0.2) is 15.9 Å². The summed E-state index contributed by atoms with van der Waals surface area (Å²) in [7, 11) is 0. The zero-order chi connectivity index (χ0) is 26.1. The van der Waals surface area contributed by atoms with Crippen LogP contribution in [0.25, 0.3) is 11.1 Å². The minimum atomic E-state index is -2.88. The molecule has 0 aliphatic heterocycles. The third-order valence-corrected chi connectivity index (χ3v) is 5.28. The molecular formula is C29H30F2N4O. The summed E-state index contributed by atoms with van der Waals surface area (Å²) in [5.41, 5.74) is 6.94. The highest BCUT2D eigenvalue weighted by atomic mass is 19.3. The van der Waals surface area contributed by atoms with E-state index in [4.69, 9.17) is 0 Å². The topological polar surface area (TPSA) is 66.9 Å². The fourth-order valence-corrected chi connectivity index (χ4v) is 3.44. The van der Waals surface area contributed by atoms with Crippen LogP contribution < -0.4 is 10.6 Å². The summed E-state index contributed by atoms with van der Waals surface area (Å²) in [5.74, 6) is -2.20. The Morgan fingerprint density at radius 3 is 2.19 bits per heavy atom. The lowest BCUT2D eigenvalue weighted by Gasteiger charge is -2.11. The number of anilines is 1. The second-order valence-corrected chi connectivity index (χ2v) is 8.87. The molecule has 0 spiro atoms. The van der Waals surface area contributed by atoms with Crippen LogP contribution in [0.15, 0.2) is 91.1 Å². The van der Waals surface area contributed by atoms with Crippen LogP contribution in [0.4, 0.5) is 14.7 Å². The monoisotopic (exact) mass is 488 g/mol. The highest BCUT2D eigenvalue weighted by Gasteiger charge is 2.23. The number of nitrogens with one attached hydrogen (secondary N) is 2. The molecule has 2 aromatic carbocycles. The number of carbonyl (C=O) groups is 1. The fourth-order valence-electron chi connectivity index (χ4n) is 3.44. The number of rotatable bonds is 10. The van der Waals surface area contributed by atoms with E-state index >= 15 is 0 Å². The number of allylic oxidation sites excluding steroid dienone is 2. The number of hydrogen-bond donors (Lipinski definition) is 2. The van der Waals surface area contributed by atoms with Gasteiger partial charge >= 0.3 is 0 Å². The van der Waals surface area contributed by atoms with E-state index < -0.39 is 5.92 Å². The van der Waals surface area contributed by atoms with Crippen molar-refractivity contribution in [2.24, 2.45) is 5.92 Å². The first-order valence-electron chi connectivity index (χ1n) is 11.6. The molecule has 2 N–H and O–H groups in total. The molecule has 0 saturated heterocycles. The van der Waals surface area contributed by atoms with Gasteiger partial charge in [0.2, 0.25) is 11.9 Å². The maximum atomic E-state index is 13.3. The molecule has 5 nitrogen and oxygen atoms in total. The molecule has 7 heteroatoms. The predicted molar refractivity (Wildman–Crippen MR) is 139 cm³/mol. The maximum absolute atomic E-state index is 13.3. The SMILES string of the molecule is C=C=C/C(=C\C(C)C)Nc1ncc(-c2ccc(CC(=O)NCc3ccc(C(C)(F)F)cc3)cc2)cn1. The summed E-state index contributed by atoms with van der Waals surface area (Å²) in [4.78, 5) is 21.1. The van der Waals surface area contributed by atoms with Crippen LogP contribution >= 0.6 is 0 Å². The van der Waals surface area contributed by atoms with Gasteiger partial charge in [0.25, 0.3) is 5.92 Å². The Hall–Kier alpha value is -4.09. The highest BCUT2D eigenvalue weighted by Crippen LogP contribution is 2.26. The minimum absolute atomic E-state index is 0.0495. The van der Waals surface area contributed by atoms with Gasteiger partial charge in [-0.25, -0.2) is 18.7 Å². The lowest BCUT2D eigenvalue weighted by atomic mass is 10.0. The first kappa shape index (κ1) is 26.5. The first-order valence-corrected chi connectivity index (χ1v) is 11.6. The van der Waals surface area contributed by atoms with Crippen molar-refractivity contribution in [3.05, 3.63) is 108 Å². The van der Waals surface area contributed by atoms with Gasteiger partial charge in [0, 0.05) is 48.8 Å². The third kappa shape index (κ3) is 8.00. The van der Waals surface area contributed by atoms with Crippen LogP contribution in [-0.2, 0) is 23.7 Å². The van der Waals surface area contributed by atoms with Gasteiger partial charge in [0.1, 0.15) is 0 Å². The van der Waals surface area contributed by atoms with E-state index in [1.807, 2.05) is 30.3 Å². The van der Waals surface area contributed by atoms with Crippen LogP contribution in [0.2, 0.25) is 0 Å². The molecule has 3 aromatic rings. The Morgan fingerprint density at radius 2 is 1.64 bits per heavy atom. The van der Waals surface area contributed by atoms with Gasteiger partial charge in [-0.15, -0.1) is 5.73 Å². The van der Waals surface area contributed by atoms with Gasteiger partial charge in [-0.3, -0.25) is 4.79 Å². The number of nitrogens with zero attached hydrogens (tertiary/aromatic N) is 2. The van der Waals surface area contributed by atoms with E-state index in [-0.39, 0.29) is 24.4 Å². The summed E-state index contributed by atoms with van der Waals surface area (Å²) < 4.78 is 26.6. The van der Waals surface area contributed by atoms with Gasteiger partial charge in [0.15, 0.2) is 0 Å². The molecule has 0 fully saturated rings. The molecule has 36 heavy (non-hydrogen) atoms. The van der Waals surface area contributed by atoms with Gasteiger partial charge in [-0.05, 0) is 22.6 Å². The normalized spacial score (nSPS) is 11.7. The quantitative estimate of drug-likeness (QED) is 0.256. The summed E-state index contributed by atoms with van der Waals surface area (Å²) in [6, 6.07) is 13.6. The van der Waals surface area contributed by atoms with Crippen LogP contribution in [0.5, 0.6) is 0 Å². The number of hydrogen-bond acceptors (Lipinski definition) is 4. The molecule has 0 aliphatic rings. The summed E-state index contributed by atoms with van der Waals surface area (Å²) in [6.07, 6.45) is 7.47. The van der Waals surface area contributed by atoms with Crippen molar-refractivity contribution >= 4 is 11.9 Å². The Morgan fingerprint density at radius 1 is 1.03 bits per heavy atom. The Bertz CT molecular complexity index is 1240. The molecule has 1 aromatic heterocycles. The molecule has 0 saturated carbocycles. The molecule has 1 amide bonds. The largest absolute Gasteiger partial charge is 0.352 e. The highest BCUT2D eigenvalue weighted by molar-refractivity contribution is 5.78. The average Bonchev–Trinajstić information content (AvgIpc) is 2.83. The first-order chi connectivity index (χ1) is 17.1. The smallest absolute Gasteiger partial charge is 0.270 e. The molecule has 3 rings (SSSR count). The van der Waals surface area contributed by atoms with E-state index in [1.54, 1.807) is 30.6 Å². The van der Waals surface area contributed by atoms with Crippen molar-refractivity contribution < 1.29 is 13.6 Å². The standard InChI is InChI=1S/C29H30F2N4O/c1-5-6-26(15-20(2)3)35-28-33-18-24(19-34-28)23-11-7-21(8-12-23)16-27(36)32-17-22-9-13-25(14-10-22)29(4,30)31/h6-15,18-20H,1,16-17H2,2-4H3,(H,32,36)(H,33,34,35)/b26-15+. The number of alkyl halides is 2. The summed E-state index contributed by atoms with van der Waals surface area (Å²) >= 11 is 0. The lowest BCUT2D eigenvalue weighted by molar-refractivity contribution is -0.120. The second kappa shape index (κ2) is 12.0. The van der Waals surface area contributed by atoms with Crippen molar-refractivity contribution in [1.29, 1.82) is 0 Å². The van der Waals surface area contributed by atoms with Gasteiger partial charge in [-0.2, -0.15) is 0 Å². The number of carbonyl (C=O) groups excluding carboxylic acids is 1. The third-order valence-electron chi connectivity index (χ3n) is 5.28. The molecular weight excluding hydrogens is 458 g/mol. The van der Waals surface area contributed by atoms with E-state index in [0.717, 1.165) is 34.9 Å². The number of benzene rings is 2. The predicted octanol–water partition coefficient (Wildman–Crippen LogP) is 6.41. The molecule has 186 valence electrons. The Labute approximate surface area is 210 Å². The number of amides is 1. The van der Waals surface area contributed by atoms with Crippen molar-refractivity contribution in [3.63, 3.8) is 0 Å². The van der Waals surface area contributed by atoms with E-state index in [9.17, 15) is 13.6 Å². The summed E-state index contributed by atoms with van der Waals surface area (Å²) in [6.45, 7) is 8.90. The molecule has 0 bridgehead atoms. The molecule has 0 atom stereocenters. The fraction of sp³-hybridized carbons (Fsp3) is 0.241. The van der Waals surface area contributed by atoms with Crippen LogP contribution in [0.1, 0.15) is 37.5 Å². The Balaban J connectivity index is 1.55. The maximum Gasteiger partial charge on any atom is 0.270 e. The van der Waals surface area contributed by atoms with Gasteiger partial charge < -0.3 is 10.6 Å². The molecule has 1 heterocycles. The molecule has 0 aliphatic carbocycles. The zero-order valence-corrected chi connectivity index (χ0v) is 20.7. The van der Waals surface area contributed by atoms with Crippen LogP contribution in [0.3, 0.4) is 0 Å².